The molecule has 1 atom stereocenters. The first-order valence-electron chi connectivity index (χ1n) is 5.63. The standard InChI is InChI=1S/C11H18N2O3/c1-11(7-12,8-2-3-8)13-10(14)9-6-15-4-5-16-9/h6,8H,2-5,7,12H2,1H3,(H,13,14). The third-order valence-corrected chi connectivity index (χ3v) is 3.17. The molecule has 0 saturated heterocycles. The Hall–Kier alpha value is -1.23. The first-order chi connectivity index (χ1) is 7.65. The van der Waals surface area contributed by atoms with Gasteiger partial charge in [-0.05, 0) is 25.7 Å². The monoisotopic (exact) mass is 226 g/mol. The van der Waals surface area contributed by atoms with Crippen LogP contribution in [0.3, 0.4) is 0 Å². The van der Waals surface area contributed by atoms with E-state index >= 15 is 0 Å². The highest BCUT2D eigenvalue weighted by Gasteiger charge is 2.42. The molecule has 3 N–H and O–H groups in total. The summed E-state index contributed by atoms with van der Waals surface area (Å²) in [5.41, 5.74) is 5.40. The number of nitrogens with two attached hydrogens (primary N) is 1. The van der Waals surface area contributed by atoms with E-state index in [0.717, 1.165) is 12.8 Å². The molecule has 1 unspecified atom stereocenters. The number of carbonyl (C=O) groups excluding carboxylic acids is 1. The number of amides is 1. The van der Waals surface area contributed by atoms with Crippen LogP contribution in [0.15, 0.2) is 12.0 Å². The minimum absolute atomic E-state index is 0.237. The van der Waals surface area contributed by atoms with Gasteiger partial charge in [0, 0.05) is 6.54 Å². The molecule has 1 amide bonds. The maximum atomic E-state index is 11.9. The maximum absolute atomic E-state index is 11.9. The van der Waals surface area contributed by atoms with Gasteiger partial charge in [0.15, 0.2) is 0 Å². The second kappa shape index (κ2) is 4.33. The lowest BCUT2D eigenvalue weighted by molar-refractivity contribution is -0.124. The lowest BCUT2D eigenvalue weighted by Gasteiger charge is -2.30. The van der Waals surface area contributed by atoms with E-state index in [1.807, 2.05) is 6.92 Å². The Kier molecular flexibility index (Phi) is 3.05. The van der Waals surface area contributed by atoms with Crippen molar-refractivity contribution in [2.45, 2.75) is 25.3 Å². The van der Waals surface area contributed by atoms with Crippen LogP contribution in [0.25, 0.3) is 0 Å². The van der Waals surface area contributed by atoms with E-state index < -0.39 is 0 Å². The second-order valence-corrected chi connectivity index (χ2v) is 4.55. The molecular formula is C11H18N2O3. The van der Waals surface area contributed by atoms with Crippen molar-refractivity contribution in [2.75, 3.05) is 19.8 Å². The van der Waals surface area contributed by atoms with Crippen molar-refractivity contribution in [3.05, 3.63) is 12.0 Å². The molecule has 1 fully saturated rings. The number of nitrogens with one attached hydrogen (secondary N) is 1. The summed E-state index contributed by atoms with van der Waals surface area (Å²) in [4.78, 5) is 11.9. The van der Waals surface area contributed by atoms with Crippen LogP contribution in [0.5, 0.6) is 0 Å². The zero-order chi connectivity index (χ0) is 11.6. The summed E-state index contributed by atoms with van der Waals surface area (Å²) in [5.74, 6) is 0.498. The minimum atomic E-state index is -0.321. The predicted octanol–water partition coefficient (Wildman–Crippen LogP) is 0.118. The Morgan fingerprint density at radius 3 is 2.88 bits per heavy atom. The van der Waals surface area contributed by atoms with Crippen LogP contribution in [0.2, 0.25) is 0 Å². The summed E-state index contributed by atoms with van der Waals surface area (Å²) >= 11 is 0. The fourth-order valence-corrected chi connectivity index (χ4v) is 1.85. The summed E-state index contributed by atoms with van der Waals surface area (Å²) in [6, 6.07) is 0. The minimum Gasteiger partial charge on any atom is -0.494 e. The molecule has 5 heteroatoms. The van der Waals surface area contributed by atoms with Gasteiger partial charge >= 0.3 is 0 Å². The molecule has 2 rings (SSSR count). The Morgan fingerprint density at radius 1 is 1.62 bits per heavy atom. The maximum Gasteiger partial charge on any atom is 0.290 e. The molecule has 90 valence electrons. The molecule has 0 spiro atoms. The normalized spacial score (nSPS) is 23.5. The molecule has 0 aromatic heterocycles. The van der Waals surface area contributed by atoms with E-state index in [1.54, 1.807) is 0 Å². The van der Waals surface area contributed by atoms with E-state index in [0.29, 0.717) is 25.7 Å². The summed E-state index contributed by atoms with van der Waals surface area (Å²) in [5, 5.41) is 2.94. The largest absolute Gasteiger partial charge is 0.494 e. The van der Waals surface area contributed by atoms with Crippen LogP contribution in [0, 0.1) is 5.92 Å². The van der Waals surface area contributed by atoms with Gasteiger partial charge < -0.3 is 20.5 Å². The van der Waals surface area contributed by atoms with Gasteiger partial charge in [0.05, 0.1) is 5.54 Å². The zero-order valence-electron chi connectivity index (χ0n) is 9.49. The molecule has 0 aromatic carbocycles. The van der Waals surface area contributed by atoms with Gasteiger partial charge in [-0.2, -0.15) is 0 Å². The molecule has 5 nitrogen and oxygen atoms in total. The van der Waals surface area contributed by atoms with Gasteiger partial charge in [0.1, 0.15) is 19.5 Å². The van der Waals surface area contributed by atoms with Crippen molar-refractivity contribution < 1.29 is 14.3 Å². The van der Waals surface area contributed by atoms with Crippen molar-refractivity contribution in [1.29, 1.82) is 0 Å². The SMILES string of the molecule is CC(CN)(NC(=O)C1=COCCO1)C1CC1. The zero-order valence-corrected chi connectivity index (χ0v) is 9.49. The number of hydrogen-bond acceptors (Lipinski definition) is 4. The summed E-state index contributed by atoms with van der Waals surface area (Å²) in [7, 11) is 0. The van der Waals surface area contributed by atoms with Crippen molar-refractivity contribution >= 4 is 5.91 Å². The number of rotatable bonds is 4. The van der Waals surface area contributed by atoms with E-state index in [-0.39, 0.29) is 17.2 Å². The highest BCUT2D eigenvalue weighted by molar-refractivity contribution is 5.91. The predicted molar refractivity (Wildman–Crippen MR) is 58.3 cm³/mol. The first kappa shape index (κ1) is 11.3. The summed E-state index contributed by atoms with van der Waals surface area (Å²) < 4.78 is 10.3. The van der Waals surface area contributed by atoms with Crippen LogP contribution in [0.4, 0.5) is 0 Å². The molecule has 0 bridgehead atoms. The van der Waals surface area contributed by atoms with Crippen LogP contribution in [-0.2, 0) is 14.3 Å². The van der Waals surface area contributed by atoms with Crippen molar-refractivity contribution in [2.24, 2.45) is 11.7 Å². The van der Waals surface area contributed by atoms with E-state index in [9.17, 15) is 4.79 Å². The Balaban J connectivity index is 1.97. The lowest BCUT2D eigenvalue weighted by atomic mass is 9.96. The highest BCUT2D eigenvalue weighted by atomic mass is 16.6. The lowest BCUT2D eigenvalue weighted by Crippen LogP contribution is -2.53. The molecule has 1 aliphatic carbocycles. The van der Waals surface area contributed by atoms with Gasteiger partial charge in [-0.1, -0.05) is 0 Å². The van der Waals surface area contributed by atoms with Crippen molar-refractivity contribution in [3.8, 4) is 0 Å². The third kappa shape index (κ3) is 2.29. The molecule has 1 saturated carbocycles. The van der Waals surface area contributed by atoms with Crippen LogP contribution < -0.4 is 11.1 Å². The molecule has 1 heterocycles. The van der Waals surface area contributed by atoms with Crippen LogP contribution in [-0.4, -0.2) is 31.2 Å². The number of hydrogen-bond donors (Lipinski definition) is 2. The fourth-order valence-electron chi connectivity index (χ4n) is 1.85. The van der Waals surface area contributed by atoms with Gasteiger partial charge in [-0.15, -0.1) is 0 Å². The number of carbonyl (C=O) groups is 1. The smallest absolute Gasteiger partial charge is 0.290 e. The van der Waals surface area contributed by atoms with E-state index in [2.05, 4.69) is 5.32 Å². The van der Waals surface area contributed by atoms with Crippen LogP contribution in [0.1, 0.15) is 19.8 Å². The van der Waals surface area contributed by atoms with Gasteiger partial charge in [-0.25, -0.2) is 0 Å². The van der Waals surface area contributed by atoms with Crippen molar-refractivity contribution in [1.82, 2.24) is 5.32 Å². The average molecular weight is 226 g/mol. The molecule has 1 aliphatic heterocycles. The Bertz CT molecular complexity index is 312. The first-order valence-corrected chi connectivity index (χ1v) is 5.63. The Morgan fingerprint density at radius 2 is 2.38 bits per heavy atom. The molecule has 0 aromatic rings. The molecule has 0 radical (unpaired) electrons. The quantitative estimate of drug-likeness (QED) is 0.714. The van der Waals surface area contributed by atoms with E-state index in [4.69, 9.17) is 15.2 Å². The highest BCUT2D eigenvalue weighted by Crippen LogP contribution is 2.39. The molecular weight excluding hydrogens is 208 g/mol. The molecule has 2 aliphatic rings. The second-order valence-electron chi connectivity index (χ2n) is 4.55. The van der Waals surface area contributed by atoms with E-state index in [1.165, 1.54) is 6.26 Å². The average Bonchev–Trinajstić information content (AvgIpc) is 3.14. The van der Waals surface area contributed by atoms with Crippen LogP contribution >= 0.6 is 0 Å². The molecule has 16 heavy (non-hydrogen) atoms. The van der Waals surface area contributed by atoms with Gasteiger partial charge in [-0.3, -0.25) is 4.79 Å². The van der Waals surface area contributed by atoms with Crippen molar-refractivity contribution in [3.63, 3.8) is 0 Å². The number of ether oxygens (including phenoxy) is 2. The van der Waals surface area contributed by atoms with Gasteiger partial charge in [0.25, 0.3) is 5.91 Å². The van der Waals surface area contributed by atoms with Gasteiger partial charge in [0.2, 0.25) is 5.76 Å². The topological polar surface area (TPSA) is 73.6 Å². The summed E-state index contributed by atoms with van der Waals surface area (Å²) in [6.07, 6.45) is 3.62. The fraction of sp³-hybridized carbons (Fsp3) is 0.727. The third-order valence-electron chi connectivity index (χ3n) is 3.17. The Labute approximate surface area is 95.0 Å². The summed E-state index contributed by atoms with van der Waals surface area (Å²) in [6.45, 7) is 3.33.